The van der Waals surface area contributed by atoms with Gasteiger partial charge in [0.05, 0.1) is 41.1 Å². The van der Waals surface area contributed by atoms with Crippen molar-refractivity contribution in [3.8, 4) is 11.8 Å². The van der Waals surface area contributed by atoms with Crippen molar-refractivity contribution >= 4 is 40.3 Å². The number of carboxylic acid groups (broad SMARTS) is 1. The zero-order valence-corrected chi connectivity index (χ0v) is 22.3. The van der Waals surface area contributed by atoms with Gasteiger partial charge >= 0.3 is 5.97 Å². The number of aliphatic hydroxyl groups excluding tert-OH is 1. The third-order valence-corrected chi connectivity index (χ3v) is 7.47. The van der Waals surface area contributed by atoms with Crippen molar-refractivity contribution in [2.75, 3.05) is 0 Å². The zero-order chi connectivity index (χ0) is 30.1. The highest BCUT2D eigenvalue weighted by molar-refractivity contribution is 6.24. The van der Waals surface area contributed by atoms with Gasteiger partial charge in [-0.3, -0.25) is 19.2 Å². The van der Waals surface area contributed by atoms with Crippen LogP contribution in [0.4, 0.5) is 0 Å². The van der Waals surface area contributed by atoms with Crippen LogP contribution in [0, 0.1) is 17.2 Å². The van der Waals surface area contributed by atoms with Gasteiger partial charge in [0.2, 0.25) is 0 Å². The van der Waals surface area contributed by atoms with Gasteiger partial charge in [-0.25, -0.2) is 4.98 Å². The first kappa shape index (κ1) is 28.1. The highest BCUT2D eigenvalue weighted by Gasteiger charge is 2.42. The number of allylic oxidation sites excluding steroid dienone is 7. The van der Waals surface area contributed by atoms with Gasteiger partial charge in [-0.15, -0.1) is 0 Å². The number of nitriles is 1. The summed E-state index contributed by atoms with van der Waals surface area (Å²) in [6.45, 7) is 1.47. The van der Waals surface area contributed by atoms with Gasteiger partial charge in [0.15, 0.2) is 17.3 Å². The summed E-state index contributed by atoms with van der Waals surface area (Å²) in [6, 6.07) is 15.5. The summed E-state index contributed by atoms with van der Waals surface area (Å²) in [5.41, 5.74) is 2.19. The van der Waals surface area contributed by atoms with Crippen LogP contribution in [0.3, 0.4) is 0 Å². The molecule has 9 heteroatoms. The molecule has 1 aromatic heterocycles. The van der Waals surface area contributed by atoms with Crippen LogP contribution in [0.1, 0.15) is 52.5 Å². The van der Waals surface area contributed by atoms with Crippen molar-refractivity contribution in [2.24, 2.45) is 5.92 Å². The Kier molecular flexibility index (Phi) is 7.49. The minimum atomic E-state index is -1.44. The fourth-order valence-electron chi connectivity index (χ4n) is 5.34. The van der Waals surface area contributed by atoms with E-state index in [1.54, 1.807) is 60.7 Å². The molecule has 0 bridgehead atoms. The number of ketones is 3. The summed E-state index contributed by atoms with van der Waals surface area (Å²) in [6.07, 6.45) is 6.05. The Morgan fingerprint density at radius 2 is 1.79 bits per heavy atom. The van der Waals surface area contributed by atoms with E-state index < -0.39 is 41.9 Å². The number of hydrogen-bond acceptors (Lipinski definition) is 8. The topological polar surface area (TPSA) is 166 Å². The minimum Gasteiger partial charge on any atom is -0.506 e. The third kappa shape index (κ3) is 4.96. The van der Waals surface area contributed by atoms with Crippen LogP contribution in [-0.4, -0.2) is 43.6 Å². The minimum absolute atomic E-state index is 0.0933. The van der Waals surface area contributed by atoms with E-state index in [2.05, 4.69) is 4.98 Å². The molecule has 3 aromatic rings. The highest BCUT2D eigenvalue weighted by atomic mass is 16.4. The van der Waals surface area contributed by atoms with Gasteiger partial charge in [-0.2, -0.15) is 5.26 Å². The quantitative estimate of drug-likeness (QED) is 0.223. The summed E-state index contributed by atoms with van der Waals surface area (Å²) in [5, 5.41) is 40.7. The summed E-state index contributed by atoms with van der Waals surface area (Å²) < 4.78 is 0. The molecule has 5 rings (SSSR count). The Hall–Kier alpha value is -5.46. The van der Waals surface area contributed by atoms with E-state index in [4.69, 9.17) is 5.11 Å². The molecule has 0 aliphatic heterocycles. The second kappa shape index (κ2) is 11.2. The lowest BCUT2D eigenvalue weighted by atomic mass is 9.77. The average Bonchev–Trinajstić information content (AvgIpc) is 3.21. The Morgan fingerprint density at radius 3 is 2.52 bits per heavy atom. The van der Waals surface area contributed by atoms with Crippen molar-refractivity contribution in [1.29, 1.82) is 5.26 Å². The number of aromatic nitrogens is 1. The normalized spacial score (nSPS) is 21.6. The number of Topliss-reactive ketones (excluding diaryl/α,β-unsaturated/α-hetero) is 3. The fourth-order valence-corrected chi connectivity index (χ4v) is 5.34. The molecule has 2 aliphatic rings. The molecule has 0 saturated carbocycles. The lowest BCUT2D eigenvalue weighted by molar-refractivity contribution is -0.143. The molecule has 42 heavy (non-hydrogen) atoms. The first-order chi connectivity index (χ1) is 20.1. The highest BCUT2D eigenvalue weighted by Crippen LogP contribution is 2.45. The molecular weight excluding hydrogens is 536 g/mol. The average molecular weight is 561 g/mol. The van der Waals surface area contributed by atoms with E-state index in [0.717, 1.165) is 0 Å². The van der Waals surface area contributed by atoms with Gasteiger partial charge in [-0.05, 0) is 41.8 Å². The number of nitrogens with zero attached hydrogens (tertiary/aromatic N) is 2. The maximum Gasteiger partial charge on any atom is 0.304 e. The number of pyridine rings is 1. The molecule has 2 aliphatic carbocycles. The van der Waals surface area contributed by atoms with Crippen molar-refractivity contribution in [2.45, 2.75) is 25.4 Å². The van der Waals surface area contributed by atoms with Crippen molar-refractivity contribution < 1.29 is 34.5 Å². The number of aliphatic carboxylic acids is 1. The molecule has 0 spiro atoms. The van der Waals surface area contributed by atoms with Crippen LogP contribution in [0.5, 0.6) is 5.75 Å². The van der Waals surface area contributed by atoms with E-state index in [9.17, 15) is 34.7 Å². The lowest BCUT2D eigenvalue weighted by Crippen LogP contribution is -2.33. The fraction of sp³-hybridized carbons (Fsp3) is 0.152. The van der Waals surface area contributed by atoms with Gasteiger partial charge in [0.25, 0.3) is 0 Å². The molecule has 2 aromatic carbocycles. The van der Waals surface area contributed by atoms with Gasteiger partial charge in [0.1, 0.15) is 11.8 Å². The number of carbonyl (C=O) groups is 4. The number of fused-ring (bicyclic) bond motifs is 2. The molecule has 3 N–H and O–H groups in total. The summed E-state index contributed by atoms with van der Waals surface area (Å²) >= 11 is 0. The van der Waals surface area contributed by atoms with Crippen molar-refractivity contribution in [3.63, 3.8) is 0 Å². The Bertz CT molecular complexity index is 1860. The van der Waals surface area contributed by atoms with Gasteiger partial charge < -0.3 is 15.3 Å². The van der Waals surface area contributed by atoms with Crippen molar-refractivity contribution in [3.05, 3.63) is 112 Å². The third-order valence-electron chi connectivity index (χ3n) is 7.47. The number of para-hydroxylation sites is 1. The summed E-state index contributed by atoms with van der Waals surface area (Å²) in [7, 11) is 0. The number of benzene rings is 2. The Balaban J connectivity index is 1.37. The Morgan fingerprint density at radius 1 is 1.02 bits per heavy atom. The number of hydrogen-bond donors (Lipinski definition) is 3. The standard InChI is InChI=1S/C33H24N2O7/c1-17-20(30(39)23(15-27(37)38)31(40)24(17)16-34)9-4-2-3-7-18-11-12-21-22(13-18)33(42)28(32(21)41)29-26(36)14-19-8-5-6-10-25(19)35-29/h2-14,23,28,32,36,41H,15H2,1H3,(H,37,38)/b4-2+,7-3+,20-9-. The number of carbonyl (C=O) groups excluding carboxylic acids is 3. The number of aromatic hydroxyl groups is 1. The molecule has 1 heterocycles. The molecule has 9 nitrogen and oxygen atoms in total. The number of carboxylic acids is 1. The van der Waals surface area contributed by atoms with E-state index in [0.29, 0.717) is 27.6 Å². The molecule has 0 amide bonds. The van der Waals surface area contributed by atoms with Crippen LogP contribution in [0.25, 0.3) is 17.0 Å². The molecule has 208 valence electrons. The number of aliphatic hydroxyl groups is 1. The van der Waals surface area contributed by atoms with E-state index in [1.807, 2.05) is 6.07 Å². The Labute approximate surface area is 240 Å². The molecule has 0 saturated heterocycles. The SMILES string of the molecule is CC1=C(C#N)C(=O)C(CC(=O)O)C(=O)\C1=C/C=C/C=C/c1ccc2c(c1)C(=O)C(c1nc3ccccc3cc1O)C2O. The van der Waals surface area contributed by atoms with Crippen molar-refractivity contribution in [1.82, 2.24) is 4.98 Å². The maximum absolute atomic E-state index is 13.4. The predicted octanol–water partition coefficient (Wildman–Crippen LogP) is 4.53. The zero-order valence-electron chi connectivity index (χ0n) is 22.3. The van der Waals surface area contributed by atoms with Gasteiger partial charge in [-0.1, -0.05) is 60.7 Å². The summed E-state index contributed by atoms with van der Waals surface area (Å²) in [4.78, 5) is 54.2. The maximum atomic E-state index is 13.4. The second-order valence-corrected chi connectivity index (χ2v) is 10.0. The van der Waals surface area contributed by atoms with E-state index in [1.165, 1.54) is 25.1 Å². The molecule has 3 atom stereocenters. The van der Waals surface area contributed by atoms with E-state index >= 15 is 0 Å². The molecule has 0 fully saturated rings. The lowest BCUT2D eigenvalue weighted by Gasteiger charge is -2.21. The predicted molar refractivity (Wildman–Crippen MR) is 152 cm³/mol. The molecule has 0 radical (unpaired) electrons. The van der Waals surface area contributed by atoms with Crippen LogP contribution in [-0.2, 0) is 14.4 Å². The first-order valence-corrected chi connectivity index (χ1v) is 13.0. The molecule has 3 unspecified atom stereocenters. The monoisotopic (exact) mass is 560 g/mol. The van der Waals surface area contributed by atoms with Crippen LogP contribution >= 0.6 is 0 Å². The van der Waals surface area contributed by atoms with E-state index in [-0.39, 0.29) is 33.9 Å². The van der Waals surface area contributed by atoms with Crippen LogP contribution in [0.2, 0.25) is 0 Å². The second-order valence-electron chi connectivity index (χ2n) is 10.0. The van der Waals surface area contributed by atoms with Crippen LogP contribution in [0.15, 0.2) is 89.6 Å². The van der Waals surface area contributed by atoms with Crippen LogP contribution < -0.4 is 0 Å². The smallest absolute Gasteiger partial charge is 0.304 e. The first-order valence-electron chi connectivity index (χ1n) is 13.0. The largest absolute Gasteiger partial charge is 0.506 e. The summed E-state index contributed by atoms with van der Waals surface area (Å²) in [5.74, 6) is -5.75. The van der Waals surface area contributed by atoms with Gasteiger partial charge in [0, 0.05) is 16.5 Å². The number of rotatable bonds is 6. The molecular formula is C33H24N2O7.